The van der Waals surface area contributed by atoms with E-state index in [0.29, 0.717) is 4.77 Å². The molecule has 0 aliphatic carbocycles. The summed E-state index contributed by atoms with van der Waals surface area (Å²) >= 11 is 5.45. The maximum absolute atomic E-state index is 5.45. The van der Waals surface area contributed by atoms with Gasteiger partial charge in [-0.25, -0.2) is 4.98 Å². The van der Waals surface area contributed by atoms with Crippen molar-refractivity contribution in [1.82, 2.24) is 14.5 Å². The summed E-state index contributed by atoms with van der Waals surface area (Å²) in [7, 11) is 0. The highest BCUT2D eigenvalue weighted by Gasteiger charge is 2.11. The van der Waals surface area contributed by atoms with Gasteiger partial charge in [-0.15, -0.1) is 0 Å². The molecule has 3 nitrogen and oxygen atoms in total. The topological polar surface area (TPSA) is 33.6 Å². The quantitative estimate of drug-likeness (QED) is 0.677. The summed E-state index contributed by atoms with van der Waals surface area (Å²) in [5, 5.41) is 0. The Hall–Kier alpha value is -1.94. The van der Waals surface area contributed by atoms with Gasteiger partial charge in [0.25, 0.3) is 0 Å². The lowest BCUT2D eigenvalue weighted by molar-refractivity contribution is 1.03. The van der Waals surface area contributed by atoms with E-state index in [-0.39, 0.29) is 0 Å². The zero-order chi connectivity index (χ0) is 13.6. The molecule has 0 radical (unpaired) electrons. The van der Waals surface area contributed by atoms with Crippen LogP contribution in [0.15, 0.2) is 30.5 Å². The maximum atomic E-state index is 5.45. The first-order chi connectivity index (χ1) is 9.08. The highest BCUT2D eigenvalue weighted by Crippen LogP contribution is 2.22. The Bertz CT molecular complexity index is 827. The number of aromatic amines is 1. The Morgan fingerprint density at radius 1 is 1.11 bits per heavy atom. The molecule has 4 heteroatoms. The molecule has 0 bridgehead atoms. The number of rotatable bonds is 1. The number of pyridine rings is 1. The molecule has 0 amide bonds. The summed E-state index contributed by atoms with van der Waals surface area (Å²) in [6.45, 7) is 6.24. The van der Waals surface area contributed by atoms with E-state index in [1.807, 2.05) is 16.8 Å². The number of fused-ring (bicyclic) bond motifs is 1. The van der Waals surface area contributed by atoms with Crippen molar-refractivity contribution in [3.63, 3.8) is 0 Å². The molecule has 2 aromatic heterocycles. The Balaban J connectivity index is 2.40. The Morgan fingerprint density at radius 2 is 1.89 bits per heavy atom. The van der Waals surface area contributed by atoms with Crippen LogP contribution in [0.25, 0.3) is 16.9 Å². The van der Waals surface area contributed by atoms with Gasteiger partial charge in [-0.05, 0) is 56.2 Å². The first-order valence-electron chi connectivity index (χ1n) is 6.22. The molecule has 0 atom stereocenters. The van der Waals surface area contributed by atoms with Gasteiger partial charge in [-0.2, -0.15) is 0 Å². The van der Waals surface area contributed by atoms with Crippen LogP contribution >= 0.6 is 12.2 Å². The number of nitrogens with zero attached hydrogens (tertiary/aromatic N) is 2. The molecule has 3 aromatic rings. The van der Waals surface area contributed by atoms with Crippen molar-refractivity contribution < 1.29 is 0 Å². The van der Waals surface area contributed by atoms with Crippen molar-refractivity contribution in [3.8, 4) is 5.69 Å². The van der Waals surface area contributed by atoms with Crippen molar-refractivity contribution >= 4 is 23.4 Å². The fourth-order valence-corrected chi connectivity index (χ4v) is 2.69. The Morgan fingerprint density at radius 3 is 2.63 bits per heavy atom. The van der Waals surface area contributed by atoms with Crippen molar-refractivity contribution in [2.75, 3.05) is 0 Å². The fourth-order valence-electron chi connectivity index (χ4n) is 2.41. The van der Waals surface area contributed by atoms with Crippen molar-refractivity contribution in [2.45, 2.75) is 20.8 Å². The highest BCUT2D eigenvalue weighted by molar-refractivity contribution is 7.71. The summed E-state index contributed by atoms with van der Waals surface area (Å²) in [6.07, 6.45) is 1.82. The molecular weight excluding hydrogens is 254 g/mol. The molecule has 0 fully saturated rings. The van der Waals surface area contributed by atoms with Crippen LogP contribution in [0.5, 0.6) is 0 Å². The summed E-state index contributed by atoms with van der Waals surface area (Å²) in [5.41, 5.74) is 6.57. The van der Waals surface area contributed by atoms with Crippen LogP contribution in [0.2, 0.25) is 0 Å². The fraction of sp³-hybridized carbons (Fsp3) is 0.200. The third-order valence-electron chi connectivity index (χ3n) is 3.38. The van der Waals surface area contributed by atoms with Crippen LogP contribution in [-0.2, 0) is 0 Å². The molecule has 0 saturated heterocycles. The van der Waals surface area contributed by atoms with Crippen molar-refractivity contribution in [2.24, 2.45) is 0 Å². The van der Waals surface area contributed by atoms with E-state index in [1.165, 1.54) is 11.1 Å². The lowest BCUT2D eigenvalue weighted by Gasteiger charge is -2.08. The second kappa shape index (κ2) is 4.31. The predicted octanol–water partition coefficient (Wildman–Crippen LogP) is 4.01. The van der Waals surface area contributed by atoms with E-state index >= 15 is 0 Å². The molecule has 1 aromatic carbocycles. The molecule has 3 rings (SSSR count). The SMILES string of the molecule is Cc1ccc(-n2c(=S)[nH]c3c(C)ccnc32)c(C)c1. The van der Waals surface area contributed by atoms with Crippen LogP contribution in [0.1, 0.15) is 16.7 Å². The number of aromatic nitrogens is 3. The minimum absolute atomic E-state index is 0.684. The van der Waals surface area contributed by atoms with Crippen LogP contribution < -0.4 is 0 Å². The van der Waals surface area contributed by atoms with Gasteiger partial charge in [-0.1, -0.05) is 17.7 Å². The number of H-pyrrole nitrogens is 1. The smallest absolute Gasteiger partial charge is 0.184 e. The molecule has 0 unspecified atom stereocenters. The van der Waals surface area contributed by atoms with E-state index < -0.39 is 0 Å². The second-order valence-electron chi connectivity index (χ2n) is 4.88. The summed E-state index contributed by atoms with van der Waals surface area (Å²) in [6, 6.07) is 8.34. The number of imidazole rings is 1. The largest absolute Gasteiger partial charge is 0.329 e. The summed E-state index contributed by atoms with van der Waals surface area (Å²) in [5.74, 6) is 0. The predicted molar refractivity (Wildman–Crippen MR) is 80.5 cm³/mol. The van der Waals surface area contributed by atoms with E-state index in [2.05, 4.69) is 48.9 Å². The zero-order valence-corrected chi connectivity index (χ0v) is 12.0. The van der Waals surface area contributed by atoms with Crippen molar-refractivity contribution in [1.29, 1.82) is 0 Å². The minimum Gasteiger partial charge on any atom is -0.329 e. The molecule has 96 valence electrons. The molecular formula is C15H15N3S. The normalized spacial score (nSPS) is 11.1. The van der Waals surface area contributed by atoms with E-state index in [0.717, 1.165) is 22.4 Å². The third kappa shape index (κ3) is 1.88. The third-order valence-corrected chi connectivity index (χ3v) is 3.66. The van der Waals surface area contributed by atoms with E-state index in [1.54, 1.807) is 0 Å². The average molecular weight is 269 g/mol. The number of hydrogen-bond acceptors (Lipinski definition) is 2. The van der Waals surface area contributed by atoms with E-state index in [4.69, 9.17) is 12.2 Å². The molecule has 1 N–H and O–H groups in total. The molecule has 19 heavy (non-hydrogen) atoms. The number of hydrogen-bond donors (Lipinski definition) is 1. The van der Waals surface area contributed by atoms with Crippen LogP contribution in [0, 0.1) is 25.5 Å². The minimum atomic E-state index is 0.684. The zero-order valence-electron chi connectivity index (χ0n) is 11.2. The molecule has 0 spiro atoms. The van der Waals surface area contributed by atoms with Gasteiger partial charge in [0, 0.05) is 6.20 Å². The van der Waals surface area contributed by atoms with Gasteiger partial charge < -0.3 is 4.98 Å². The maximum Gasteiger partial charge on any atom is 0.184 e. The van der Waals surface area contributed by atoms with Crippen LogP contribution in [0.4, 0.5) is 0 Å². The highest BCUT2D eigenvalue weighted by atomic mass is 32.1. The van der Waals surface area contributed by atoms with Gasteiger partial charge in [0.15, 0.2) is 10.4 Å². The monoisotopic (exact) mass is 269 g/mol. The van der Waals surface area contributed by atoms with Gasteiger partial charge in [0.2, 0.25) is 0 Å². The van der Waals surface area contributed by atoms with E-state index in [9.17, 15) is 0 Å². The Kier molecular flexibility index (Phi) is 2.75. The van der Waals surface area contributed by atoms with Gasteiger partial charge >= 0.3 is 0 Å². The first kappa shape index (κ1) is 12.1. The van der Waals surface area contributed by atoms with Gasteiger partial charge in [0.05, 0.1) is 11.2 Å². The number of nitrogens with one attached hydrogen (secondary N) is 1. The number of aryl methyl sites for hydroxylation is 3. The molecule has 0 saturated carbocycles. The standard InChI is InChI=1S/C15H15N3S/c1-9-4-5-12(11(3)8-9)18-14-13(17-15(18)19)10(2)6-7-16-14/h4-8H,1-3H3,(H,17,19). The Labute approximate surface area is 116 Å². The molecule has 0 aliphatic heterocycles. The lowest BCUT2D eigenvalue weighted by Crippen LogP contribution is -1.98. The van der Waals surface area contributed by atoms with Crippen LogP contribution in [-0.4, -0.2) is 14.5 Å². The lowest BCUT2D eigenvalue weighted by atomic mass is 10.1. The van der Waals surface area contributed by atoms with Crippen molar-refractivity contribution in [3.05, 3.63) is 51.9 Å². The van der Waals surface area contributed by atoms with Gasteiger partial charge in [0.1, 0.15) is 0 Å². The van der Waals surface area contributed by atoms with Gasteiger partial charge in [-0.3, -0.25) is 4.57 Å². The molecule has 0 aliphatic rings. The first-order valence-corrected chi connectivity index (χ1v) is 6.63. The number of benzene rings is 1. The average Bonchev–Trinajstić information content (AvgIpc) is 2.68. The summed E-state index contributed by atoms with van der Waals surface area (Å²) in [4.78, 5) is 7.72. The van der Waals surface area contributed by atoms with Crippen LogP contribution in [0.3, 0.4) is 0 Å². The second-order valence-corrected chi connectivity index (χ2v) is 5.27. The summed E-state index contributed by atoms with van der Waals surface area (Å²) < 4.78 is 2.69. The molecule has 2 heterocycles.